The molecule has 0 radical (unpaired) electrons. The maximum atomic E-state index is 11.5. The van der Waals surface area contributed by atoms with Crippen LogP contribution >= 0.6 is 0 Å². The zero-order valence-corrected chi connectivity index (χ0v) is 12.9. The summed E-state index contributed by atoms with van der Waals surface area (Å²) < 4.78 is 0. The quantitative estimate of drug-likeness (QED) is 0.385. The van der Waals surface area contributed by atoms with Crippen LogP contribution < -0.4 is 5.32 Å². The molecule has 0 unspecified atom stereocenters. The van der Waals surface area contributed by atoms with Crippen LogP contribution in [-0.2, 0) is 4.79 Å². The summed E-state index contributed by atoms with van der Waals surface area (Å²) in [5.74, 6) is -1.58. The number of aromatic nitrogens is 1. The Morgan fingerprint density at radius 2 is 1.80 bits per heavy atom. The van der Waals surface area contributed by atoms with Crippen molar-refractivity contribution < 1.29 is 19.9 Å². The predicted octanol–water partition coefficient (Wildman–Crippen LogP) is 3.00. The number of aromatic carboxylic acids is 1. The second-order valence-electron chi connectivity index (χ2n) is 5.19. The molecule has 0 aliphatic rings. The molecule has 0 fully saturated rings. The second kappa shape index (κ2) is 6.79. The van der Waals surface area contributed by atoms with Gasteiger partial charge in [-0.3, -0.25) is 4.79 Å². The first kappa shape index (κ1) is 16.1. The average molecular weight is 335 g/mol. The van der Waals surface area contributed by atoms with E-state index in [1.165, 1.54) is 6.07 Å². The average Bonchev–Trinajstić information content (AvgIpc) is 2.61. The van der Waals surface area contributed by atoms with Crippen LogP contribution in [0, 0.1) is 0 Å². The lowest BCUT2D eigenvalue weighted by Crippen LogP contribution is -2.12. The van der Waals surface area contributed by atoms with Crippen LogP contribution in [0.4, 0.5) is 5.69 Å². The van der Waals surface area contributed by atoms with E-state index in [0.717, 1.165) is 6.21 Å². The van der Waals surface area contributed by atoms with E-state index in [1.807, 2.05) is 0 Å². The molecule has 3 aromatic rings. The molecule has 0 aliphatic heterocycles. The summed E-state index contributed by atoms with van der Waals surface area (Å²) in [5.41, 5.74) is 2.51. The number of benzene rings is 2. The van der Waals surface area contributed by atoms with Gasteiger partial charge in [-0.15, -0.1) is 0 Å². The zero-order valence-electron chi connectivity index (χ0n) is 12.9. The van der Waals surface area contributed by atoms with Crippen LogP contribution in [0.5, 0.6) is 0 Å². The molecule has 7 heteroatoms. The lowest BCUT2D eigenvalue weighted by molar-refractivity contribution is -0.110. The molecular formula is C18H13N3O4. The molecule has 0 atom stereocenters. The smallest absolute Gasteiger partial charge is 0.336 e. The van der Waals surface area contributed by atoms with Crippen molar-refractivity contribution in [2.45, 2.75) is 0 Å². The van der Waals surface area contributed by atoms with Crippen molar-refractivity contribution in [3.8, 4) is 11.3 Å². The van der Waals surface area contributed by atoms with Gasteiger partial charge in [0.25, 0.3) is 5.91 Å². The highest BCUT2D eigenvalue weighted by Crippen LogP contribution is 2.25. The van der Waals surface area contributed by atoms with Gasteiger partial charge in [-0.25, -0.2) is 9.78 Å². The lowest BCUT2D eigenvalue weighted by atomic mass is 10.0. The third-order valence-corrected chi connectivity index (χ3v) is 3.57. The van der Waals surface area contributed by atoms with Gasteiger partial charge < -0.3 is 15.6 Å². The van der Waals surface area contributed by atoms with Crippen molar-refractivity contribution in [3.05, 3.63) is 60.2 Å². The molecule has 0 saturated heterocycles. The van der Waals surface area contributed by atoms with Gasteiger partial charge in [0.2, 0.25) is 0 Å². The number of carboxylic acids is 1. The van der Waals surface area contributed by atoms with Crippen LogP contribution in [0.25, 0.3) is 22.2 Å². The van der Waals surface area contributed by atoms with Gasteiger partial charge in [-0.05, 0) is 24.3 Å². The molecule has 124 valence electrons. The molecular weight excluding hydrogens is 322 g/mol. The third kappa shape index (κ3) is 3.45. The Morgan fingerprint density at radius 1 is 1.08 bits per heavy atom. The van der Waals surface area contributed by atoms with Gasteiger partial charge in [0.05, 0.1) is 16.8 Å². The number of para-hydroxylation sites is 1. The highest BCUT2D eigenvalue weighted by Gasteiger charge is 2.12. The Hall–Kier alpha value is -3.74. The highest BCUT2D eigenvalue weighted by molar-refractivity contribution is 6.31. The van der Waals surface area contributed by atoms with E-state index >= 15 is 0 Å². The van der Waals surface area contributed by atoms with Crippen molar-refractivity contribution in [1.29, 1.82) is 0 Å². The number of nitrogens with zero attached hydrogens (tertiary/aromatic N) is 2. The fourth-order valence-electron chi connectivity index (χ4n) is 2.45. The number of fused-ring (bicyclic) bond motifs is 1. The van der Waals surface area contributed by atoms with E-state index < -0.39 is 11.9 Å². The lowest BCUT2D eigenvalue weighted by Gasteiger charge is -2.08. The van der Waals surface area contributed by atoms with Crippen LogP contribution in [0.2, 0.25) is 0 Å². The van der Waals surface area contributed by atoms with Crippen LogP contribution in [-0.4, -0.2) is 33.4 Å². The second-order valence-corrected chi connectivity index (χ2v) is 5.19. The number of rotatable bonds is 4. The first-order chi connectivity index (χ1) is 12.1. The van der Waals surface area contributed by atoms with Gasteiger partial charge in [0.1, 0.15) is 6.21 Å². The Morgan fingerprint density at radius 3 is 2.48 bits per heavy atom. The fourth-order valence-corrected chi connectivity index (χ4v) is 2.45. The Balaban J connectivity index is 1.99. The molecule has 3 rings (SSSR count). The van der Waals surface area contributed by atoms with Crippen molar-refractivity contribution in [2.75, 3.05) is 5.32 Å². The molecule has 2 aromatic carbocycles. The van der Waals surface area contributed by atoms with E-state index in [0.29, 0.717) is 27.8 Å². The molecule has 25 heavy (non-hydrogen) atoms. The van der Waals surface area contributed by atoms with E-state index in [4.69, 9.17) is 5.21 Å². The molecule has 3 N–H and O–H groups in total. The van der Waals surface area contributed by atoms with Crippen molar-refractivity contribution in [2.24, 2.45) is 5.16 Å². The van der Waals surface area contributed by atoms with Gasteiger partial charge in [0, 0.05) is 16.6 Å². The van der Waals surface area contributed by atoms with Gasteiger partial charge in [-0.2, -0.15) is 0 Å². The summed E-state index contributed by atoms with van der Waals surface area (Å²) in [6, 6.07) is 15.3. The number of hydrogen-bond donors (Lipinski definition) is 3. The molecule has 1 heterocycles. The zero-order chi connectivity index (χ0) is 17.8. The topological polar surface area (TPSA) is 112 Å². The van der Waals surface area contributed by atoms with E-state index in [2.05, 4.69) is 15.5 Å². The molecule has 7 nitrogen and oxygen atoms in total. The minimum absolute atomic E-state index is 0.178. The Bertz CT molecular complexity index is 981. The van der Waals surface area contributed by atoms with E-state index in [-0.39, 0.29) is 5.56 Å². The number of oxime groups is 1. The minimum atomic E-state index is -1.02. The van der Waals surface area contributed by atoms with Crippen molar-refractivity contribution >= 4 is 34.7 Å². The van der Waals surface area contributed by atoms with E-state index in [9.17, 15) is 14.7 Å². The highest BCUT2D eigenvalue weighted by atomic mass is 16.4. The number of carbonyl (C=O) groups is 2. The number of anilines is 1. The summed E-state index contributed by atoms with van der Waals surface area (Å²) in [5, 5.41) is 23.5. The number of hydrogen-bond acceptors (Lipinski definition) is 5. The fraction of sp³-hybridized carbons (Fsp3) is 0. The largest absolute Gasteiger partial charge is 0.478 e. The summed E-state index contributed by atoms with van der Waals surface area (Å²) in [4.78, 5) is 27.4. The number of pyridine rings is 1. The number of carboxylic acid groups (broad SMARTS) is 1. The summed E-state index contributed by atoms with van der Waals surface area (Å²) in [6.45, 7) is 0. The van der Waals surface area contributed by atoms with Crippen molar-refractivity contribution in [3.63, 3.8) is 0 Å². The summed E-state index contributed by atoms with van der Waals surface area (Å²) in [6.07, 6.45) is 0.748. The van der Waals surface area contributed by atoms with E-state index in [1.54, 1.807) is 48.5 Å². The number of carbonyl (C=O) groups excluding carboxylic acids is 1. The summed E-state index contributed by atoms with van der Waals surface area (Å²) >= 11 is 0. The standard InChI is InChI=1S/C18H13N3O4/c22-17(10-19-25)20-12-7-5-11(6-8-12)16-9-14(18(23)24)13-3-1-2-4-15(13)21-16/h1-10,25H,(H,20,22)(H,23,24)/b19-10+. The van der Waals surface area contributed by atoms with Gasteiger partial charge in [-0.1, -0.05) is 35.5 Å². The first-order valence-electron chi connectivity index (χ1n) is 7.30. The normalized spacial score (nSPS) is 10.9. The Kier molecular flexibility index (Phi) is 4.38. The van der Waals surface area contributed by atoms with Gasteiger partial charge >= 0.3 is 5.97 Å². The van der Waals surface area contributed by atoms with Crippen molar-refractivity contribution in [1.82, 2.24) is 4.98 Å². The molecule has 0 spiro atoms. The van der Waals surface area contributed by atoms with Crippen LogP contribution in [0.1, 0.15) is 10.4 Å². The maximum absolute atomic E-state index is 11.5. The number of amides is 1. The maximum Gasteiger partial charge on any atom is 0.336 e. The van der Waals surface area contributed by atoms with Gasteiger partial charge in [0.15, 0.2) is 0 Å². The summed E-state index contributed by atoms with van der Waals surface area (Å²) in [7, 11) is 0. The molecule has 1 amide bonds. The minimum Gasteiger partial charge on any atom is -0.478 e. The molecule has 0 aliphatic carbocycles. The van der Waals surface area contributed by atoms with Crippen LogP contribution in [0.15, 0.2) is 59.8 Å². The SMILES string of the molecule is O=C(/C=N/O)Nc1ccc(-c2cc(C(=O)O)c3ccccc3n2)cc1. The monoisotopic (exact) mass is 335 g/mol. The predicted molar refractivity (Wildman–Crippen MR) is 93.0 cm³/mol. The Labute approximate surface area is 142 Å². The van der Waals surface area contributed by atoms with Crippen LogP contribution in [0.3, 0.4) is 0 Å². The molecule has 1 aromatic heterocycles. The number of nitrogens with one attached hydrogen (secondary N) is 1. The molecule has 0 bridgehead atoms. The first-order valence-corrected chi connectivity index (χ1v) is 7.30. The third-order valence-electron chi connectivity index (χ3n) is 3.57. The molecule has 0 saturated carbocycles.